The van der Waals surface area contributed by atoms with Crippen molar-refractivity contribution >= 4 is 17.5 Å². The minimum absolute atomic E-state index is 0.0337. The second-order valence-corrected chi connectivity index (χ2v) is 7.22. The van der Waals surface area contributed by atoms with Crippen LogP contribution in [-0.4, -0.2) is 50.6 Å². The van der Waals surface area contributed by atoms with Gasteiger partial charge in [0.1, 0.15) is 0 Å². The molecular formula is C18H19ClF3N3O2. The predicted molar refractivity (Wildman–Crippen MR) is 93.8 cm³/mol. The number of amides is 1. The third-order valence-corrected chi connectivity index (χ3v) is 5.13. The molecule has 1 aromatic carbocycles. The fraction of sp³-hybridized carbons (Fsp3) is 0.444. The lowest BCUT2D eigenvalue weighted by atomic mass is 9.92. The number of benzene rings is 1. The molecule has 0 saturated carbocycles. The van der Waals surface area contributed by atoms with E-state index in [1.165, 1.54) is 0 Å². The summed E-state index contributed by atoms with van der Waals surface area (Å²) in [6, 6.07) is 9.06. The molecule has 1 unspecified atom stereocenters. The van der Waals surface area contributed by atoms with Gasteiger partial charge in [-0.2, -0.15) is 18.3 Å². The highest BCUT2D eigenvalue weighted by Crippen LogP contribution is 2.35. The molecule has 0 spiro atoms. The van der Waals surface area contributed by atoms with Gasteiger partial charge in [0, 0.05) is 35.9 Å². The highest BCUT2D eigenvalue weighted by Gasteiger charge is 2.57. The molecule has 1 amide bonds. The first-order valence-electron chi connectivity index (χ1n) is 8.49. The number of rotatable bonds is 3. The maximum Gasteiger partial charge on any atom is 0.426 e. The van der Waals surface area contributed by atoms with Crippen molar-refractivity contribution < 1.29 is 23.1 Å². The van der Waals surface area contributed by atoms with Crippen molar-refractivity contribution in [1.82, 2.24) is 14.7 Å². The highest BCUT2D eigenvalue weighted by atomic mass is 35.5. The number of halogens is 4. The molecule has 1 atom stereocenters. The standard InChI is InChI=1S/C18H19ClF3N3O2/c1-17(27,18(20,21)22)16(26)24-9-6-12(7-10-24)15-5-8-23-25(15)14-4-2-3-13(19)11-14/h2-5,8,11-12,27H,6-7,9-10H2,1H3. The van der Waals surface area contributed by atoms with Crippen LogP contribution in [0.1, 0.15) is 31.4 Å². The van der Waals surface area contributed by atoms with Gasteiger partial charge in [0.15, 0.2) is 0 Å². The van der Waals surface area contributed by atoms with Gasteiger partial charge in [0.2, 0.25) is 5.60 Å². The molecule has 0 radical (unpaired) electrons. The largest absolute Gasteiger partial charge is 0.426 e. The summed E-state index contributed by atoms with van der Waals surface area (Å²) < 4.78 is 40.4. The summed E-state index contributed by atoms with van der Waals surface area (Å²) in [5.74, 6) is -1.27. The number of aromatic nitrogens is 2. The second kappa shape index (κ2) is 7.16. The average Bonchev–Trinajstić information content (AvgIpc) is 3.10. The van der Waals surface area contributed by atoms with E-state index in [4.69, 9.17) is 11.6 Å². The molecule has 1 aliphatic heterocycles. The van der Waals surface area contributed by atoms with Gasteiger partial charge < -0.3 is 10.0 Å². The molecule has 0 aliphatic carbocycles. The molecule has 5 nitrogen and oxygen atoms in total. The van der Waals surface area contributed by atoms with Crippen molar-refractivity contribution in [2.75, 3.05) is 13.1 Å². The SMILES string of the molecule is CC(O)(C(=O)N1CCC(c2ccnn2-c2cccc(Cl)c2)CC1)C(F)(F)F. The van der Waals surface area contributed by atoms with Crippen LogP contribution in [0.5, 0.6) is 0 Å². The number of carbonyl (C=O) groups excluding carboxylic acids is 1. The zero-order valence-electron chi connectivity index (χ0n) is 14.6. The van der Waals surface area contributed by atoms with Gasteiger partial charge in [0.25, 0.3) is 5.91 Å². The summed E-state index contributed by atoms with van der Waals surface area (Å²) in [5.41, 5.74) is -1.67. The molecule has 2 aromatic rings. The molecule has 146 valence electrons. The van der Waals surface area contributed by atoms with E-state index in [-0.39, 0.29) is 19.0 Å². The minimum Gasteiger partial charge on any atom is -0.373 e. The molecule has 1 saturated heterocycles. The number of hydrogen-bond donors (Lipinski definition) is 1. The Bertz CT molecular complexity index is 827. The summed E-state index contributed by atoms with van der Waals surface area (Å²) in [5, 5.41) is 14.5. The molecule has 3 rings (SSSR count). The van der Waals surface area contributed by atoms with Crippen molar-refractivity contribution in [3.8, 4) is 5.69 Å². The Balaban J connectivity index is 1.73. The lowest BCUT2D eigenvalue weighted by Crippen LogP contribution is -2.57. The number of hydrogen-bond acceptors (Lipinski definition) is 3. The van der Waals surface area contributed by atoms with Crippen LogP contribution >= 0.6 is 11.6 Å². The van der Waals surface area contributed by atoms with Gasteiger partial charge in [0.05, 0.1) is 5.69 Å². The normalized spacial score (nSPS) is 18.4. The monoisotopic (exact) mass is 401 g/mol. The van der Waals surface area contributed by atoms with E-state index >= 15 is 0 Å². The summed E-state index contributed by atoms with van der Waals surface area (Å²) in [6.45, 7) is 0.766. The first-order chi connectivity index (χ1) is 12.6. The van der Waals surface area contributed by atoms with Gasteiger partial charge in [-0.25, -0.2) is 4.68 Å². The Morgan fingerprint density at radius 3 is 2.52 bits per heavy atom. The molecule has 9 heteroatoms. The topological polar surface area (TPSA) is 58.4 Å². The summed E-state index contributed by atoms with van der Waals surface area (Å²) in [7, 11) is 0. The van der Waals surface area contributed by atoms with Crippen LogP contribution in [0.4, 0.5) is 13.2 Å². The van der Waals surface area contributed by atoms with Gasteiger partial charge in [-0.1, -0.05) is 17.7 Å². The van der Waals surface area contributed by atoms with E-state index in [1.54, 1.807) is 23.0 Å². The first kappa shape index (κ1) is 19.7. The molecule has 1 fully saturated rings. The van der Waals surface area contributed by atoms with E-state index in [9.17, 15) is 23.1 Å². The Morgan fingerprint density at radius 2 is 1.93 bits per heavy atom. The lowest BCUT2D eigenvalue weighted by molar-refractivity contribution is -0.250. The quantitative estimate of drug-likeness (QED) is 0.855. The van der Waals surface area contributed by atoms with Crippen LogP contribution in [0.2, 0.25) is 5.02 Å². The lowest BCUT2D eigenvalue weighted by Gasteiger charge is -2.36. The summed E-state index contributed by atoms with van der Waals surface area (Å²) >= 11 is 6.03. The van der Waals surface area contributed by atoms with Crippen molar-refractivity contribution in [2.45, 2.75) is 37.5 Å². The van der Waals surface area contributed by atoms with Crippen LogP contribution in [0.3, 0.4) is 0 Å². The van der Waals surface area contributed by atoms with Crippen LogP contribution in [-0.2, 0) is 4.79 Å². The number of alkyl halides is 3. The average molecular weight is 402 g/mol. The van der Waals surface area contributed by atoms with Gasteiger partial charge in [-0.15, -0.1) is 0 Å². The number of piperidine rings is 1. The van der Waals surface area contributed by atoms with Gasteiger partial charge in [-0.3, -0.25) is 4.79 Å². The van der Waals surface area contributed by atoms with Crippen LogP contribution in [0.15, 0.2) is 36.5 Å². The Hall–Kier alpha value is -2.06. The Kier molecular flexibility index (Phi) is 5.22. The zero-order valence-corrected chi connectivity index (χ0v) is 15.3. The van der Waals surface area contributed by atoms with E-state index in [0.717, 1.165) is 16.3 Å². The summed E-state index contributed by atoms with van der Waals surface area (Å²) in [6.07, 6.45) is -2.40. The molecule has 2 heterocycles. The smallest absolute Gasteiger partial charge is 0.373 e. The minimum atomic E-state index is -5.01. The van der Waals surface area contributed by atoms with E-state index in [1.807, 2.05) is 18.2 Å². The fourth-order valence-corrected chi connectivity index (χ4v) is 3.44. The number of nitrogens with zero attached hydrogens (tertiary/aromatic N) is 3. The maximum atomic E-state index is 12.9. The number of carbonyl (C=O) groups is 1. The molecule has 1 aliphatic rings. The maximum absolute atomic E-state index is 12.9. The van der Waals surface area contributed by atoms with Crippen LogP contribution < -0.4 is 0 Å². The molecule has 1 N–H and O–H groups in total. The van der Waals surface area contributed by atoms with Gasteiger partial charge >= 0.3 is 6.18 Å². The molecular weight excluding hydrogens is 383 g/mol. The van der Waals surface area contributed by atoms with Crippen molar-refractivity contribution in [1.29, 1.82) is 0 Å². The van der Waals surface area contributed by atoms with Crippen LogP contribution in [0, 0.1) is 0 Å². The number of aliphatic hydroxyl groups is 1. The zero-order chi connectivity index (χ0) is 19.8. The van der Waals surface area contributed by atoms with Crippen molar-refractivity contribution in [3.05, 3.63) is 47.2 Å². The van der Waals surface area contributed by atoms with Crippen molar-refractivity contribution in [3.63, 3.8) is 0 Å². The van der Waals surface area contributed by atoms with Crippen molar-refractivity contribution in [2.24, 2.45) is 0 Å². The molecule has 27 heavy (non-hydrogen) atoms. The number of likely N-dealkylation sites (tertiary alicyclic amines) is 1. The highest BCUT2D eigenvalue weighted by molar-refractivity contribution is 6.30. The van der Waals surface area contributed by atoms with Crippen LogP contribution in [0.25, 0.3) is 5.69 Å². The Labute approximate surface area is 159 Å². The molecule has 1 aromatic heterocycles. The predicted octanol–water partition coefficient (Wildman–Crippen LogP) is 3.55. The fourth-order valence-electron chi connectivity index (χ4n) is 3.25. The van der Waals surface area contributed by atoms with E-state index in [2.05, 4.69) is 5.10 Å². The Morgan fingerprint density at radius 1 is 1.26 bits per heavy atom. The second-order valence-electron chi connectivity index (χ2n) is 6.78. The molecule has 0 bridgehead atoms. The summed E-state index contributed by atoms with van der Waals surface area (Å²) in [4.78, 5) is 13.2. The van der Waals surface area contributed by atoms with E-state index in [0.29, 0.717) is 24.8 Å². The first-order valence-corrected chi connectivity index (χ1v) is 8.87. The third kappa shape index (κ3) is 3.82. The van der Waals surface area contributed by atoms with E-state index < -0.39 is 17.7 Å². The van der Waals surface area contributed by atoms with Gasteiger partial charge in [-0.05, 0) is 44.0 Å². The third-order valence-electron chi connectivity index (χ3n) is 4.89.